The monoisotopic (exact) mass is 578 g/mol. The zero-order valence-corrected chi connectivity index (χ0v) is 19.3. The summed E-state index contributed by atoms with van der Waals surface area (Å²) in [4.78, 5) is 12.5. The fraction of sp³-hybridized carbons (Fsp3) is 0.571. The van der Waals surface area contributed by atoms with Crippen molar-refractivity contribution in [2.75, 3.05) is 6.61 Å². The number of halogens is 2. The number of benzene rings is 1. The van der Waals surface area contributed by atoms with Crippen LogP contribution in [0.1, 0.15) is 51.0 Å². The normalized spacial score (nSPS) is 34.1. The van der Waals surface area contributed by atoms with Crippen LogP contribution in [0.5, 0.6) is 5.75 Å². The van der Waals surface area contributed by atoms with Crippen LogP contribution in [-0.2, 0) is 9.53 Å². The standard InChI is InChI=1S/C21H24I2O3/c1-3-14-6-16(22)19(17(23)7-14)25-5-4-18(24)26-21-9-13(2)8-20(12-21)10-15(20)11-21/h3,6-7,13,15H,1,4-5,8-12H2,2H3. The van der Waals surface area contributed by atoms with E-state index in [2.05, 4.69) is 58.7 Å². The predicted octanol–water partition coefficient (Wildman–Crippen LogP) is 5.82. The van der Waals surface area contributed by atoms with Gasteiger partial charge in [0, 0.05) is 0 Å². The average molecular weight is 578 g/mol. The van der Waals surface area contributed by atoms with Crippen LogP contribution >= 0.6 is 45.2 Å². The van der Waals surface area contributed by atoms with Gasteiger partial charge in [0.05, 0.1) is 20.2 Å². The number of hydrogen-bond acceptors (Lipinski definition) is 3. The number of fused-ring (bicyclic) bond motifs is 1. The van der Waals surface area contributed by atoms with Gasteiger partial charge in [-0.15, -0.1) is 0 Å². The molecule has 4 rings (SSSR count). The molecule has 26 heavy (non-hydrogen) atoms. The highest BCUT2D eigenvalue weighted by Crippen LogP contribution is 2.73. The van der Waals surface area contributed by atoms with E-state index in [1.54, 1.807) is 0 Å². The highest BCUT2D eigenvalue weighted by atomic mass is 127. The fourth-order valence-electron chi connectivity index (χ4n) is 5.46. The van der Waals surface area contributed by atoms with Crippen LogP contribution in [0.2, 0.25) is 0 Å². The first kappa shape index (κ1) is 19.0. The van der Waals surface area contributed by atoms with Crippen LogP contribution in [0, 0.1) is 24.4 Å². The Labute approximate surface area is 182 Å². The van der Waals surface area contributed by atoms with Gasteiger partial charge < -0.3 is 9.47 Å². The van der Waals surface area contributed by atoms with Crippen LogP contribution in [0.15, 0.2) is 18.7 Å². The van der Waals surface area contributed by atoms with E-state index in [0.29, 0.717) is 24.4 Å². The summed E-state index contributed by atoms with van der Waals surface area (Å²) in [5.74, 6) is 2.22. The first-order chi connectivity index (χ1) is 12.3. The van der Waals surface area contributed by atoms with Crippen molar-refractivity contribution < 1.29 is 14.3 Å². The van der Waals surface area contributed by atoms with Gasteiger partial charge in [-0.05, 0) is 112 Å². The maximum Gasteiger partial charge on any atom is 0.309 e. The van der Waals surface area contributed by atoms with E-state index < -0.39 is 0 Å². The van der Waals surface area contributed by atoms with E-state index in [1.807, 2.05) is 18.2 Å². The molecule has 4 unspecified atom stereocenters. The van der Waals surface area contributed by atoms with Gasteiger partial charge in [-0.1, -0.05) is 19.6 Å². The lowest BCUT2D eigenvalue weighted by Gasteiger charge is -2.39. The molecule has 0 heterocycles. The molecule has 140 valence electrons. The first-order valence-electron chi connectivity index (χ1n) is 9.31. The number of ether oxygens (including phenoxy) is 2. The van der Waals surface area contributed by atoms with Crippen LogP contribution in [-0.4, -0.2) is 18.2 Å². The molecular weight excluding hydrogens is 554 g/mol. The topological polar surface area (TPSA) is 35.5 Å². The number of carbonyl (C=O) groups excluding carboxylic acids is 1. The Morgan fingerprint density at radius 1 is 1.27 bits per heavy atom. The number of esters is 1. The maximum absolute atomic E-state index is 12.5. The van der Waals surface area contributed by atoms with Crippen LogP contribution in [0.25, 0.3) is 6.08 Å². The Morgan fingerprint density at radius 3 is 2.69 bits per heavy atom. The molecule has 5 heteroatoms. The van der Waals surface area contributed by atoms with Crippen molar-refractivity contribution in [2.45, 2.75) is 51.0 Å². The summed E-state index contributed by atoms with van der Waals surface area (Å²) in [6, 6.07) is 4.08. The molecule has 3 saturated carbocycles. The second-order valence-corrected chi connectivity index (χ2v) is 10.8. The SMILES string of the molecule is C=Cc1cc(I)c(OCCC(=O)OC23CC(C)CC4(CC4C2)C3)c(I)c1. The predicted molar refractivity (Wildman–Crippen MR) is 119 cm³/mol. The van der Waals surface area contributed by atoms with Crippen LogP contribution in [0.3, 0.4) is 0 Å². The van der Waals surface area contributed by atoms with Crippen molar-refractivity contribution in [1.82, 2.24) is 0 Å². The molecule has 1 spiro atoms. The summed E-state index contributed by atoms with van der Waals surface area (Å²) in [7, 11) is 0. The minimum atomic E-state index is -0.174. The molecule has 0 aliphatic heterocycles. The second-order valence-electron chi connectivity index (χ2n) is 8.43. The lowest BCUT2D eigenvalue weighted by atomic mass is 9.74. The second kappa shape index (κ2) is 6.94. The Balaban J connectivity index is 1.32. The Morgan fingerprint density at radius 2 is 2.00 bits per heavy atom. The van der Waals surface area contributed by atoms with E-state index in [4.69, 9.17) is 9.47 Å². The van der Waals surface area contributed by atoms with E-state index in [1.165, 1.54) is 12.8 Å². The smallest absolute Gasteiger partial charge is 0.309 e. The van der Waals surface area contributed by atoms with Crippen LogP contribution in [0.4, 0.5) is 0 Å². The van der Waals surface area contributed by atoms with Gasteiger partial charge in [0.15, 0.2) is 0 Å². The van der Waals surface area contributed by atoms with Crippen molar-refractivity contribution in [3.05, 3.63) is 31.4 Å². The summed E-state index contributed by atoms with van der Waals surface area (Å²) in [6.07, 6.45) is 8.05. The third kappa shape index (κ3) is 3.54. The van der Waals surface area contributed by atoms with Crippen LogP contribution < -0.4 is 4.74 Å². The summed E-state index contributed by atoms with van der Waals surface area (Å²) >= 11 is 4.53. The fourth-order valence-corrected chi connectivity index (χ4v) is 7.59. The van der Waals surface area contributed by atoms with Crippen molar-refractivity contribution in [1.29, 1.82) is 0 Å². The number of rotatable bonds is 6. The minimum Gasteiger partial charge on any atom is -0.491 e. The number of carbonyl (C=O) groups is 1. The molecule has 2 bridgehead atoms. The Hall–Kier alpha value is -0.310. The average Bonchev–Trinajstić information content (AvgIpc) is 3.10. The molecule has 0 saturated heterocycles. The Kier molecular flexibility index (Phi) is 5.08. The highest BCUT2D eigenvalue weighted by Gasteiger charge is 2.69. The summed E-state index contributed by atoms with van der Waals surface area (Å²) < 4.78 is 14.0. The van der Waals surface area contributed by atoms with Crippen molar-refractivity contribution in [3.8, 4) is 5.75 Å². The zero-order valence-electron chi connectivity index (χ0n) is 15.0. The van der Waals surface area contributed by atoms with E-state index in [0.717, 1.165) is 43.6 Å². The van der Waals surface area contributed by atoms with Gasteiger partial charge in [0.2, 0.25) is 0 Å². The summed E-state index contributed by atoms with van der Waals surface area (Å²) in [6.45, 7) is 6.48. The molecular formula is C21H24I2O3. The third-order valence-electron chi connectivity index (χ3n) is 6.27. The largest absolute Gasteiger partial charge is 0.491 e. The molecule has 0 aromatic heterocycles. The summed E-state index contributed by atoms with van der Waals surface area (Å²) in [5, 5.41) is 0. The number of hydrogen-bond donors (Lipinski definition) is 0. The van der Waals surface area contributed by atoms with Gasteiger partial charge in [-0.2, -0.15) is 0 Å². The quantitative estimate of drug-likeness (QED) is 0.316. The van der Waals surface area contributed by atoms with Gasteiger partial charge in [0.25, 0.3) is 0 Å². The molecule has 1 aromatic rings. The molecule has 0 radical (unpaired) electrons. The molecule has 0 N–H and O–H groups in total. The Bertz CT molecular complexity index is 735. The van der Waals surface area contributed by atoms with E-state index >= 15 is 0 Å². The summed E-state index contributed by atoms with van der Waals surface area (Å²) in [5.41, 5.74) is 1.42. The molecule has 3 aliphatic rings. The molecule has 1 aromatic carbocycles. The van der Waals surface area contributed by atoms with Crippen molar-refractivity contribution in [3.63, 3.8) is 0 Å². The highest BCUT2D eigenvalue weighted by molar-refractivity contribution is 14.1. The third-order valence-corrected chi connectivity index (χ3v) is 7.87. The molecule has 3 nitrogen and oxygen atoms in total. The van der Waals surface area contributed by atoms with Gasteiger partial charge in [-0.25, -0.2) is 0 Å². The van der Waals surface area contributed by atoms with Gasteiger partial charge in [0.1, 0.15) is 11.4 Å². The van der Waals surface area contributed by atoms with E-state index in [-0.39, 0.29) is 11.6 Å². The zero-order chi connectivity index (χ0) is 18.5. The molecule has 4 atom stereocenters. The molecule has 0 amide bonds. The van der Waals surface area contributed by atoms with Gasteiger partial charge >= 0.3 is 5.97 Å². The first-order valence-corrected chi connectivity index (χ1v) is 11.5. The van der Waals surface area contributed by atoms with Gasteiger partial charge in [-0.3, -0.25) is 4.79 Å². The molecule has 3 fully saturated rings. The molecule has 3 aliphatic carbocycles. The minimum absolute atomic E-state index is 0.108. The van der Waals surface area contributed by atoms with Crippen molar-refractivity contribution in [2.24, 2.45) is 17.3 Å². The maximum atomic E-state index is 12.5. The van der Waals surface area contributed by atoms with E-state index in [9.17, 15) is 4.79 Å². The van der Waals surface area contributed by atoms with Crippen molar-refractivity contribution >= 4 is 57.2 Å². The lowest BCUT2D eigenvalue weighted by Crippen LogP contribution is -2.40. The lowest BCUT2D eigenvalue weighted by molar-refractivity contribution is -0.165.